The molecule has 2 saturated heterocycles. The van der Waals surface area contributed by atoms with Crippen LogP contribution in [0.2, 0.25) is 0 Å². The van der Waals surface area contributed by atoms with Crippen molar-refractivity contribution in [2.45, 2.75) is 18.9 Å². The van der Waals surface area contributed by atoms with Gasteiger partial charge in [-0.2, -0.15) is 0 Å². The quantitative estimate of drug-likeness (QED) is 0.843. The minimum atomic E-state index is 0.372. The first kappa shape index (κ1) is 11.1. The average Bonchev–Trinajstić information content (AvgIpc) is 2.94. The molecule has 17 heavy (non-hydrogen) atoms. The summed E-state index contributed by atoms with van der Waals surface area (Å²) in [6.45, 7) is 5.01. The van der Waals surface area contributed by atoms with Gasteiger partial charge in [0.05, 0.1) is 19.3 Å². The number of nitrogens with one attached hydrogen (secondary N) is 1. The number of rotatable bonds is 2. The highest BCUT2D eigenvalue weighted by Crippen LogP contribution is 2.23. The standard InChI is InChI=1S/C14H20N2O/c1-2-9-16(8-1)13-5-3-12(4-6-13)14-11-17-10-7-15-14/h3-6,14-15H,1-2,7-11H2/t14-/m1/s1. The molecular weight excluding hydrogens is 212 g/mol. The van der Waals surface area contributed by atoms with Gasteiger partial charge in [0, 0.05) is 25.3 Å². The van der Waals surface area contributed by atoms with Crippen LogP contribution in [-0.2, 0) is 4.74 Å². The molecule has 0 aromatic heterocycles. The largest absolute Gasteiger partial charge is 0.378 e. The summed E-state index contributed by atoms with van der Waals surface area (Å²) in [6.07, 6.45) is 2.67. The molecule has 0 amide bonds. The Morgan fingerprint density at radius 3 is 2.53 bits per heavy atom. The number of ether oxygens (including phenoxy) is 1. The maximum absolute atomic E-state index is 5.49. The predicted octanol–water partition coefficient (Wildman–Crippen LogP) is 1.95. The molecular formula is C14H20N2O. The van der Waals surface area contributed by atoms with E-state index in [4.69, 9.17) is 4.74 Å². The van der Waals surface area contributed by atoms with Gasteiger partial charge in [0.25, 0.3) is 0 Å². The Balaban J connectivity index is 1.70. The number of anilines is 1. The van der Waals surface area contributed by atoms with E-state index >= 15 is 0 Å². The molecule has 3 rings (SSSR count). The van der Waals surface area contributed by atoms with Crippen LogP contribution in [0.1, 0.15) is 24.4 Å². The summed E-state index contributed by atoms with van der Waals surface area (Å²) in [5.74, 6) is 0. The fourth-order valence-corrected chi connectivity index (χ4v) is 2.67. The molecule has 92 valence electrons. The SMILES string of the molecule is c1cc(N2CCCC2)ccc1[C@H]1COCCN1. The summed E-state index contributed by atoms with van der Waals surface area (Å²) in [5, 5.41) is 3.49. The van der Waals surface area contributed by atoms with Crippen molar-refractivity contribution in [2.75, 3.05) is 37.7 Å². The van der Waals surface area contributed by atoms with Gasteiger partial charge < -0.3 is 15.0 Å². The van der Waals surface area contributed by atoms with Gasteiger partial charge in [0.2, 0.25) is 0 Å². The summed E-state index contributed by atoms with van der Waals surface area (Å²) >= 11 is 0. The smallest absolute Gasteiger partial charge is 0.0662 e. The minimum Gasteiger partial charge on any atom is -0.378 e. The molecule has 2 aliphatic heterocycles. The third-order valence-corrected chi connectivity index (χ3v) is 3.69. The maximum atomic E-state index is 5.49. The van der Waals surface area contributed by atoms with Crippen LogP contribution in [0.25, 0.3) is 0 Å². The molecule has 0 unspecified atom stereocenters. The number of nitrogens with zero attached hydrogens (tertiary/aromatic N) is 1. The van der Waals surface area contributed by atoms with E-state index in [-0.39, 0.29) is 0 Å². The Labute approximate surface area is 103 Å². The molecule has 1 aromatic carbocycles. The first-order valence-electron chi connectivity index (χ1n) is 6.59. The zero-order valence-electron chi connectivity index (χ0n) is 10.2. The Kier molecular flexibility index (Phi) is 3.29. The fourth-order valence-electron chi connectivity index (χ4n) is 2.67. The van der Waals surface area contributed by atoms with E-state index in [2.05, 4.69) is 34.5 Å². The lowest BCUT2D eigenvalue weighted by Crippen LogP contribution is -2.34. The van der Waals surface area contributed by atoms with Gasteiger partial charge in [-0.05, 0) is 30.5 Å². The van der Waals surface area contributed by atoms with Crippen LogP contribution >= 0.6 is 0 Å². The van der Waals surface area contributed by atoms with Crippen LogP contribution in [0.15, 0.2) is 24.3 Å². The van der Waals surface area contributed by atoms with Gasteiger partial charge in [0.1, 0.15) is 0 Å². The zero-order valence-corrected chi connectivity index (χ0v) is 10.2. The summed E-state index contributed by atoms with van der Waals surface area (Å²) in [4.78, 5) is 2.47. The van der Waals surface area contributed by atoms with Gasteiger partial charge in [-0.25, -0.2) is 0 Å². The Hall–Kier alpha value is -1.06. The van der Waals surface area contributed by atoms with E-state index in [9.17, 15) is 0 Å². The van der Waals surface area contributed by atoms with Crippen molar-refractivity contribution in [2.24, 2.45) is 0 Å². The van der Waals surface area contributed by atoms with Crippen LogP contribution < -0.4 is 10.2 Å². The summed E-state index contributed by atoms with van der Waals surface area (Å²) in [6, 6.07) is 9.34. The lowest BCUT2D eigenvalue weighted by Gasteiger charge is -2.25. The van der Waals surface area contributed by atoms with E-state index in [1.54, 1.807) is 0 Å². The lowest BCUT2D eigenvalue weighted by atomic mass is 10.1. The first-order valence-corrected chi connectivity index (χ1v) is 6.59. The van der Waals surface area contributed by atoms with E-state index in [1.807, 2.05) is 0 Å². The molecule has 3 heteroatoms. The van der Waals surface area contributed by atoms with E-state index in [1.165, 1.54) is 37.2 Å². The van der Waals surface area contributed by atoms with Gasteiger partial charge in [-0.1, -0.05) is 12.1 Å². The van der Waals surface area contributed by atoms with Gasteiger partial charge in [-0.15, -0.1) is 0 Å². The van der Waals surface area contributed by atoms with Crippen molar-refractivity contribution in [1.29, 1.82) is 0 Å². The average molecular weight is 232 g/mol. The second-order valence-electron chi connectivity index (χ2n) is 4.87. The van der Waals surface area contributed by atoms with Crippen molar-refractivity contribution in [1.82, 2.24) is 5.32 Å². The second-order valence-corrected chi connectivity index (χ2v) is 4.87. The summed E-state index contributed by atoms with van der Waals surface area (Å²) in [5.41, 5.74) is 2.70. The van der Waals surface area contributed by atoms with Crippen molar-refractivity contribution in [3.8, 4) is 0 Å². The highest BCUT2D eigenvalue weighted by molar-refractivity contribution is 5.48. The first-order chi connectivity index (χ1) is 8.43. The Morgan fingerprint density at radius 1 is 1.12 bits per heavy atom. The highest BCUT2D eigenvalue weighted by Gasteiger charge is 2.16. The normalized spacial score (nSPS) is 25.2. The fraction of sp³-hybridized carbons (Fsp3) is 0.571. The number of hydrogen-bond acceptors (Lipinski definition) is 3. The molecule has 1 aromatic rings. The van der Waals surface area contributed by atoms with Crippen LogP contribution in [0.5, 0.6) is 0 Å². The lowest BCUT2D eigenvalue weighted by molar-refractivity contribution is 0.0769. The summed E-state index contributed by atoms with van der Waals surface area (Å²) in [7, 11) is 0. The maximum Gasteiger partial charge on any atom is 0.0662 e. The molecule has 0 bridgehead atoms. The third-order valence-electron chi connectivity index (χ3n) is 3.69. The van der Waals surface area contributed by atoms with Crippen molar-refractivity contribution in [3.63, 3.8) is 0 Å². The van der Waals surface area contributed by atoms with Crippen LogP contribution in [0.4, 0.5) is 5.69 Å². The number of morpholine rings is 1. The number of benzene rings is 1. The number of hydrogen-bond donors (Lipinski definition) is 1. The van der Waals surface area contributed by atoms with Crippen molar-refractivity contribution in [3.05, 3.63) is 29.8 Å². The zero-order chi connectivity index (χ0) is 11.5. The second kappa shape index (κ2) is 5.07. The van der Waals surface area contributed by atoms with E-state index < -0.39 is 0 Å². The van der Waals surface area contributed by atoms with Gasteiger partial charge >= 0.3 is 0 Å². The van der Waals surface area contributed by atoms with Crippen LogP contribution in [0, 0.1) is 0 Å². The molecule has 3 nitrogen and oxygen atoms in total. The minimum absolute atomic E-state index is 0.372. The topological polar surface area (TPSA) is 24.5 Å². The van der Waals surface area contributed by atoms with E-state index in [0.717, 1.165) is 19.8 Å². The highest BCUT2D eigenvalue weighted by atomic mass is 16.5. The van der Waals surface area contributed by atoms with Crippen molar-refractivity contribution < 1.29 is 4.74 Å². The van der Waals surface area contributed by atoms with Gasteiger partial charge in [0.15, 0.2) is 0 Å². The summed E-state index contributed by atoms with van der Waals surface area (Å²) < 4.78 is 5.49. The molecule has 0 radical (unpaired) electrons. The molecule has 1 N–H and O–H groups in total. The predicted molar refractivity (Wildman–Crippen MR) is 69.5 cm³/mol. The van der Waals surface area contributed by atoms with Crippen LogP contribution in [-0.4, -0.2) is 32.8 Å². The monoisotopic (exact) mass is 232 g/mol. The van der Waals surface area contributed by atoms with Crippen LogP contribution in [0.3, 0.4) is 0 Å². The van der Waals surface area contributed by atoms with E-state index in [0.29, 0.717) is 6.04 Å². The molecule has 0 aliphatic carbocycles. The molecule has 0 spiro atoms. The third kappa shape index (κ3) is 2.45. The van der Waals surface area contributed by atoms with Gasteiger partial charge in [-0.3, -0.25) is 0 Å². The van der Waals surface area contributed by atoms with Crippen molar-refractivity contribution >= 4 is 5.69 Å². The molecule has 2 aliphatic rings. The molecule has 1 atom stereocenters. The molecule has 2 heterocycles. The molecule has 0 saturated carbocycles. The molecule has 2 fully saturated rings. The Morgan fingerprint density at radius 2 is 1.88 bits per heavy atom. The Bertz CT molecular complexity index is 351.